The fraction of sp³-hybridized carbons (Fsp3) is 0.389. The number of rotatable bonds is 6. The maximum Gasteiger partial charge on any atom is 0.244 e. The highest BCUT2D eigenvalue weighted by Gasteiger charge is 2.26. The lowest BCUT2D eigenvalue weighted by Gasteiger charge is -2.29. The van der Waals surface area contributed by atoms with Crippen LogP contribution in [0.4, 0.5) is 0 Å². The van der Waals surface area contributed by atoms with Crippen molar-refractivity contribution in [2.24, 2.45) is 5.92 Å². The first-order valence-electron chi connectivity index (χ1n) is 7.82. The van der Waals surface area contributed by atoms with Gasteiger partial charge in [0.1, 0.15) is 0 Å². The van der Waals surface area contributed by atoms with Crippen molar-refractivity contribution in [3.63, 3.8) is 0 Å². The maximum absolute atomic E-state index is 11.9. The topological polar surface area (TPSA) is 75.1 Å². The summed E-state index contributed by atoms with van der Waals surface area (Å²) in [5.41, 5.74) is 1.31. The van der Waals surface area contributed by atoms with Crippen LogP contribution in [-0.4, -0.2) is 33.1 Å². The third-order valence-corrected chi connectivity index (χ3v) is 4.17. The molecule has 0 aliphatic carbocycles. The highest BCUT2D eigenvalue weighted by Crippen LogP contribution is 2.18. The second-order valence-electron chi connectivity index (χ2n) is 6.00. The van der Waals surface area contributed by atoms with Gasteiger partial charge in [-0.2, -0.15) is 0 Å². The van der Waals surface area contributed by atoms with E-state index in [0.717, 1.165) is 17.5 Å². The molecule has 23 heavy (non-hydrogen) atoms. The van der Waals surface area contributed by atoms with E-state index in [2.05, 4.69) is 15.3 Å². The smallest absolute Gasteiger partial charge is 0.244 e. The minimum atomic E-state index is -0.916. The molecule has 0 radical (unpaired) electrons. The van der Waals surface area contributed by atoms with Crippen LogP contribution in [0, 0.1) is 5.92 Å². The van der Waals surface area contributed by atoms with E-state index in [1.54, 1.807) is 19.2 Å². The molecular formula is C18H23N3O2. The normalized spacial score (nSPS) is 15.5. The van der Waals surface area contributed by atoms with Gasteiger partial charge in [-0.15, -0.1) is 0 Å². The van der Waals surface area contributed by atoms with Crippen molar-refractivity contribution in [1.29, 1.82) is 0 Å². The predicted octanol–water partition coefficient (Wildman–Crippen LogP) is 2.56. The molecule has 0 aliphatic rings. The van der Waals surface area contributed by atoms with Crippen LogP contribution < -0.4 is 5.32 Å². The summed E-state index contributed by atoms with van der Waals surface area (Å²) in [6, 6.07) is 7.57. The Morgan fingerprint density at radius 3 is 2.78 bits per heavy atom. The van der Waals surface area contributed by atoms with E-state index >= 15 is 0 Å². The summed E-state index contributed by atoms with van der Waals surface area (Å²) in [6.07, 6.45) is 5.50. The van der Waals surface area contributed by atoms with Crippen LogP contribution >= 0.6 is 0 Å². The number of amides is 1. The molecule has 2 N–H and O–H groups in total. The van der Waals surface area contributed by atoms with E-state index in [1.807, 2.05) is 38.1 Å². The van der Waals surface area contributed by atoms with E-state index in [9.17, 15) is 9.90 Å². The zero-order valence-electron chi connectivity index (χ0n) is 13.8. The average Bonchev–Trinajstić information content (AvgIpc) is 2.57. The highest BCUT2D eigenvalue weighted by molar-refractivity contribution is 5.91. The van der Waals surface area contributed by atoms with Crippen LogP contribution in [0.1, 0.15) is 32.9 Å². The van der Waals surface area contributed by atoms with Crippen LogP contribution in [-0.2, 0) is 4.79 Å². The lowest BCUT2D eigenvalue weighted by Crippen LogP contribution is -2.44. The van der Waals surface area contributed by atoms with Gasteiger partial charge < -0.3 is 10.4 Å². The summed E-state index contributed by atoms with van der Waals surface area (Å²) in [5, 5.41) is 13.0. The van der Waals surface area contributed by atoms with Gasteiger partial charge in [0.25, 0.3) is 0 Å². The number of hydrogen-bond acceptors (Lipinski definition) is 4. The summed E-state index contributed by atoms with van der Waals surface area (Å²) >= 11 is 0. The van der Waals surface area contributed by atoms with E-state index in [4.69, 9.17) is 0 Å². The minimum absolute atomic E-state index is 0.109. The van der Waals surface area contributed by atoms with Gasteiger partial charge in [-0.25, -0.2) is 4.98 Å². The van der Waals surface area contributed by atoms with Crippen LogP contribution in [0.2, 0.25) is 0 Å². The van der Waals surface area contributed by atoms with Gasteiger partial charge in [-0.05, 0) is 31.1 Å². The molecule has 0 saturated carbocycles. The first kappa shape index (κ1) is 17.1. The van der Waals surface area contributed by atoms with E-state index in [-0.39, 0.29) is 18.4 Å². The number of benzene rings is 1. The Balaban J connectivity index is 1.97. The molecule has 1 aromatic carbocycles. The van der Waals surface area contributed by atoms with Gasteiger partial charge in [0.15, 0.2) is 0 Å². The first-order chi connectivity index (χ1) is 10.9. The second-order valence-corrected chi connectivity index (χ2v) is 6.00. The van der Waals surface area contributed by atoms with Gasteiger partial charge in [0.2, 0.25) is 5.91 Å². The Morgan fingerprint density at radius 2 is 2.09 bits per heavy atom. The minimum Gasteiger partial charge on any atom is -0.388 e. The largest absolute Gasteiger partial charge is 0.388 e. The second kappa shape index (κ2) is 7.33. The molecule has 2 aromatic rings. The fourth-order valence-corrected chi connectivity index (χ4v) is 2.15. The monoisotopic (exact) mass is 313 g/mol. The number of nitrogens with zero attached hydrogens (tertiary/aromatic N) is 2. The van der Waals surface area contributed by atoms with Gasteiger partial charge >= 0.3 is 0 Å². The number of carbonyl (C=O) groups is 1. The predicted molar refractivity (Wildman–Crippen MR) is 91.7 cm³/mol. The van der Waals surface area contributed by atoms with Crippen LogP contribution in [0.25, 0.3) is 17.1 Å². The Kier molecular flexibility index (Phi) is 5.45. The molecule has 2 rings (SSSR count). The summed E-state index contributed by atoms with van der Waals surface area (Å²) in [7, 11) is 0. The molecule has 122 valence electrons. The molecule has 5 nitrogen and oxygen atoms in total. The number of carbonyl (C=O) groups excluding carboxylic acids is 1. The molecule has 0 fully saturated rings. The SMILES string of the molecule is CCC(C)C(C)(O)CNC(=O)C=Cc1cnc2ccccc2n1. The first-order valence-corrected chi connectivity index (χ1v) is 7.82. The Labute approximate surface area is 136 Å². The quantitative estimate of drug-likeness (QED) is 0.804. The molecule has 1 aromatic heterocycles. The van der Waals surface area contributed by atoms with Crippen molar-refractivity contribution in [1.82, 2.24) is 15.3 Å². The molecule has 5 heteroatoms. The van der Waals surface area contributed by atoms with E-state index in [0.29, 0.717) is 5.69 Å². The standard InChI is InChI=1S/C18H23N3O2/c1-4-13(2)18(3,23)12-20-17(22)10-9-14-11-19-15-7-5-6-8-16(15)21-14/h5-11,13,23H,4,12H2,1-3H3,(H,20,22). The molecule has 0 spiro atoms. The third-order valence-electron chi connectivity index (χ3n) is 4.17. The van der Waals surface area contributed by atoms with E-state index < -0.39 is 5.60 Å². The summed E-state index contributed by atoms with van der Waals surface area (Å²) in [4.78, 5) is 20.6. The highest BCUT2D eigenvalue weighted by atomic mass is 16.3. The summed E-state index contributed by atoms with van der Waals surface area (Å²) < 4.78 is 0. The molecule has 0 bridgehead atoms. The van der Waals surface area contributed by atoms with Gasteiger partial charge in [-0.1, -0.05) is 32.4 Å². The molecule has 0 aliphatic heterocycles. The van der Waals surface area contributed by atoms with Crippen LogP contribution in [0.3, 0.4) is 0 Å². The third kappa shape index (κ3) is 4.60. The molecule has 1 heterocycles. The van der Waals surface area contributed by atoms with Crippen molar-refractivity contribution in [2.75, 3.05) is 6.54 Å². The van der Waals surface area contributed by atoms with Gasteiger partial charge in [0, 0.05) is 12.6 Å². The van der Waals surface area contributed by atoms with Crippen LogP contribution in [0.15, 0.2) is 36.5 Å². The van der Waals surface area contributed by atoms with Crippen molar-refractivity contribution >= 4 is 23.0 Å². The zero-order valence-corrected chi connectivity index (χ0v) is 13.8. The van der Waals surface area contributed by atoms with Gasteiger partial charge in [-0.3, -0.25) is 9.78 Å². The Hall–Kier alpha value is -2.27. The van der Waals surface area contributed by atoms with Crippen molar-refractivity contribution in [3.05, 3.63) is 42.2 Å². The number of fused-ring (bicyclic) bond motifs is 1. The Morgan fingerprint density at radius 1 is 1.39 bits per heavy atom. The lowest BCUT2D eigenvalue weighted by atomic mass is 9.89. The molecule has 0 saturated heterocycles. The molecule has 2 atom stereocenters. The van der Waals surface area contributed by atoms with Crippen molar-refractivity contribution in [3.8, 4) is 0 Å². The zero-order chi connectivity index (χ0) is 16.9. The number of para-hydroxylation sites is 2. The number of aliphatic hydroxyl groups is 1. The average molecular weight is 313 g/mol. The summed E-state index contributed by atoms with van der Waals surface area (Å²) in [6.45, 7) is 5.93. The molecular weight excluding hydrogens is 290 g/mol. The van der Waals surface area contributed by atoms with Crippen LogP contribution in [0.5, 0.6) is 0 Å². The lowest BCUT2D eigenvalue weighted by molar-refractivity contribution is -0.118. The number of aromatic nitrogens is 2. The number of hydrogen-bond donors (Lipinski definition) is 2. The number of nitrogens with one attached hydrogen (secondary N) is 1. The summed E-state index contributed by atoms with van der Waals surface area (Å²) in [5.74, 6) is -0.151. The molecule has 2 unspecified atom stereocenters. The van der Waals surface area contributed by atoms with Crippen molar-refractivity contribution in [2.45, 2.75) is 32.8 Å². The molecule has 1 amide bonds. The Bertz CT molecular complexity index is 710. The fourth-order valence-electron chi connectivity index (χ4n) is 2.15. The maximum atomic E-state index is 11.9. The van der Waals surface area contributed by atoms with E-state index in [1.165, 1.54) is 6.08 Å². The van der Waals surface area contributed by atoms with Gasteiger partial charge in [0.05, 0.1) is 28.5 Å². The van der Waals surface area contributed by atoms with Crippen molar-refractivity contribution < 1.29 is 9.90 Å².